The number of aromatic hydroxyl groups is 1. The summed E-state index contributed by atoms with van der Waals surface area (Å²) in [5.41, 5.74) is 1.70. The second-order valence-corrected chi connectivity index (χ2v) is 4.56. The summed E-state index contributed by atoms with van der Waals surface area (Å²) < 4.78 is 5.13. The smallest absolute Gasteiger partial charge is 0.258 e. The molecule has 2 N–H and O–H groups in total. The van der Waals surface area contributed by atoms with E-state index >= 15 is 0 Å². The van der Waals surface area contributed by atoms with E-state index in [4.69, 9.17) is 4.74 Å². The van der Waals surface area contributed by atoms with Crippen molar-refractivity contribution in [1.82, 2.24) is 9.97 Å². The van der Waals surface area contributed by atoms with Gasteiger partial charge in [-0.3, -0.25) is 4.79 Å². The van der Waals surface area contributed by atoms with E-state index in [9.17, 15) is 9.90 Å². The van der Waals surface area contributed by atoms with Crippen molar-refractivity contribution in [3.05, 3.63) is 45.7 Å². The van der Waals surface area contributed by atoms with Crippen molar-refractivity contribution in [2.45, 2.75) is 26.4 Å². The third-order valence-corrected chi connectivity index (χ3v) is 3.07. The number of aromatic amines is 1. The standard InChI is InChI=1S/C15H18N2O3/c1-3-6-12-14(18)16-13(17-15(12)19)11-8-5-4-7-10(11)9-20-2/h4-5,7-8H,3,6,9H2,1-2H3,(H2,16,17,18,19). The van der Waals surface area contributed by atoms with E-state index in [0.29, 0.717) is 24.4 Å². The first-order chi connectivity index (χ1) is 9.67. The summed E-state index contributed by atoms with van der Waals surface area (Å²) in [6.45, 7) is 2.36. The molecular formula is C15H18N2O3. The van der Waals surface area contributed by atoms with Crippen LogP contribution in [0.2, 0.25) is 0 Å². The van der Waals surface area contributed by atoms with Crippen LogP contribution >= 0.6 is 0 Å². The zero-order valence-corrected chi connectivity index (χ0v) is 11.6. The highest BCUT2D eigenvalue weighted by atomic mass is 16.5. The first-order valence-electron chi connectivity index (χ1n) is 6.56. The molecule has 0 fully saturated rings. The number of nitrogens with one attached hydrogen (secondary N) is 1. The van der Waals surface area contributed by atoms with Gasteiger partial charge >= 0.3 is 0 Å². The minimum atomic E-state index is -0.290. The lowest BCUT2D eigenvalue weighted by Crippen LogP contribution is -2.15. The van der Waals surface area contributed by atoms with E-state index in [-0.39, 0.29) is 11.4 Å². The average molecular weight is 274 g/mol. The molecule has 1 aromatic carbocycles. The molecular weight excluding hydrogens is 256 g/mol. The molecule has 5 heteroatoms. The van der Waals surface area contributed by atoms with Crippen LogP contribution in [0.4, 0.5) is 0 Å². The predicted octanol–water partition coefficient (Wildman–Crippen LogP) is 2.24. The molecule has 1 aromatic heterocycles. The van der Waals surface area contributed by atoms with Crippen LogP contribution in [0, 0.1) is 0 Å². The first-order valence-corrected chi connectivity index (χ1v) is 6.56. The number of H-pyrrole nitrogens is 1. The Morgan fingerprint density at radius 1 is 1.35 bits per heavy atom. The van der Waals surface area contributed by atoms with Gasteiger partial charge in [-0.2, -0.15) is 4.98 Å². The summed E-state index contributed by atoms with van der Waals surface area (Å²) in [7, 11) is 1.61. The molecule has 0 bridgehead atoms. The van der Waals surface area contributed by atoms with Crippen LogP contribution in [0.3, 0.4) is 0 Å². The van der Waals surface area contributed by atoms with Crippen LogP contribution < -0.4 is 5.56 Å². The van der Waals surface area contributed by atoms with Crippen LogP contribution in [-0.2, 0) is 17.8 Å². The van der Waals surface area contributed by atoms with Gasteiger partial charge in [0.2, 0.25) is 5.88 Å². The molecule has 106 valence electrons. The second-order valence-electron chi connectivity index (χ2n) is 4.56. The number of nitrogens with zero attached hydrogens (tertiary/aromatic N) is 1. The molecule has 2 aromatic rings. The van der Waals surface area contributed by atoms with E-state index in [0.717, 1.165) is 17.5 Å². The summed E-state index contributed by atoms with van der Waals surface area (Å²) in [6, 6.07) is 7.48. The van der Waals surface area contributed by atoms with E-state index in [1.807, 2.05) is 31.2 Å². The van der Waals surface area contributed by atoms with E-state index in [1.165, 1.54) is 0 Å². The Labute approximate surface area is 117 Å². The molecule has 0 aliphatic rings. The van der Waals surface area contributed by atoms with Gasteiger partial charge in [0, 0.05) is 12.7 Å². The molecule has 0 saturated carbocycles. The molecule has 5 nitrogen and oxygen atoms in total. The number of benzene rings is 1. The molecule has 1 heterocycles. The van der Waals surface area contributed by atoms with Gasteiger partial charge in [-0.05, 0) is 12.0 Å². The van der Waals surface area contributed by atoms with Gasteiger partial charge in [0.15, 0.2) is 0 Å². The third-order valence-electron chi connectivity index (χ3n) is 3.07. The molecule has 0 spiro atoms. The summed E-state index contributed by atoms with van der Waals surface area (Å²) in [4.78, 5) is 18.9. The lowest BCUT2D eigenvalue weighted by atomic mass is 10.1. The quantitative estimate of drug-likeness (QED) is 0.876. The number of hydrogen-bond acceptors (Lipinski definition) is 4. The Morgan fingerprint density at radius 3 is 2.75 bits per heavy atom. The van der Waals surface area contributed by atoms with Crippen molar-refractivity contribution >= 4 is 0 Å². The lowest BCUT2D eigenvalue weighted by Gasteiger charge is -2.09. The number of aromatic nitrogens is 2. The summed E-state index contributed by atoms with van der Waals surface area (Å²) in [5.74, 6) is 0.165. The number of rotatable bonds is 5. The van der Waals surface area contributed by atoms with Crippen molar-refractivity contribution in [1.29, 1.82) is 0 Å². The van der Waals surface area contributed by atoms with Gasteiger partial charge in [0.05, 0.1) is 12.2 Å². The third kappa shape index (κ3) is 2.88. The molecule has 0 aliphatic heterocycles. The SMILES string of the molecule is CCCc1c(O)nc(-c2ccccc2COC)[nH]c1=O. The van der Waals surface area contributed by atoms with Crippen molar-refractivity contribution < 1.29 is 9.84 Å². The van der Waals surface area contributed by atoms with Crippen molar-refractivity contribution in [2.75, 3.05) is 7.11 Å². The van der Waals surface area contributed by atoms with Crippen molar-refractivity contribution in [3.63, 3.8) is 0 Å². The average Bonchev–Trinajstić information content (AvgIpc) is 2.43. The molecule has 2 rings (SSSR count). The summed E-state index contributed by atoms with van der Waals surface area (Å²) in [6.07, 6.45) is 1.28. The van der Waals surface area contributed by atoms with Crippen molar-refractivity contribution in [3.8, 4) is 17.3 Å². The van der Waals surface area contributed by atoms with Gasteiger partial charge in [-0.1, -0.05) is 37.6 Å². The second kappa shape index (κ2) is 6.34. The van der Waals surface area contributed by atoms with E-state index in [2.05, 4.69) is 9.97 Å². The fourth-order valence-corrected chi connectivity index (χ4v) is 2.12. The van der Waals surface area contributed by atoms with Crippen molar-refractivity contribution in [2.24, 2.45) is 0 Å². The Bertz CT molecular complexity index is 650. The maximum absolute atomic E-state index is 12.0. The molecule has 0 unspecified atom stereocenters. The lowest BCUT2D eigenvalue weighted by molar-refractivity contribution is 0.185. The monoisotopic (exact) mass is 274 g/mol. The maximum Gasteiger partial charge on any atom is 0.258 e. The van der Waals surface area contributed by atoms with Crippen LogP contribution in [0.15, 0.2) is 29.1 Å². The molecule has 0 atom stereocenters. The number of methoxy groups -OCH3 is 1. The van der Waals surface area contributed by atoms with Gasteiger partial charge < -0.3 is 14.8 Å². The predicted molar refractivity (Wildman–Crippen MR) is 76.7 cm³/mol. The molecule has 0 amide bonds. The van der Waals surface area contributed by atoms with Crippen LogP contribution in [-0.4, -0.2) is 22.2 Å². The van der Waals surface area contributed by atoms with E-state index in [1.54, 1.807) is 7.11 Å². The van der Waals surface area contributed by atoms with Crippen LogP contribution in [0.25, 0.3) is 11.4 Å². The van der Waals surface area contributed by atoms with Gasteiger partial charge in [0.25, 0.3) is 5.56 Å². The van der Waals surface area contributed by atoms with Crippen LogP contribution in [0.5, 0.6) is 5.88 Å². The highest BCUT2D eigenvalue weighted by Crippen LogP contribution is 2.22. The summed E-state index contributed by atoms with van der Waals surface area (Å²) >= 11 is 0. The first kappa shape index (κ1) is 14.3. The fourth-order valence-electron chi connectivity index (χ4n) is 2.12. The number of ether oxygens (including phenoxy) is 1. The molecule has 0 aliphatic carbocycles. The highest BCUT2D eigenvalue weighted by Gasteiger charge is 2.13. The fraction of sp³-hybridized carbons (Fsp3) is 0.333. The zero-order valence-electron chi connectivity index (χ0n) is 11.6. The normalized spacial score (nSPS) is 10.7. The Kier molecular flexibility index (Phi) is 4.53. The molecule has 20 heavy (non-hydrogen) atoms. The Hall–Kier alpha value is -2.14. The number of hydrogen-bond donors (Lipinski definition) is 2. The topological polar surface area (TPSA) is 75.2 Å². The maximum atomic E-state index is 12.0. The van der Waals surface area contributed by atoms with Gasteiger partial charge in [-0.15, -0.1) is 0 Å². The largest absolute Gasteiger partial charge is 0.493 e. The van der Waals surface area contributed by atoms with Gasteiger partial charge in [-0.25, -0.2) is 0 Å². The molecule has 0 saturated heterocycles. The Morgan fingerprint density at radius 2 is 2.10 bits per heavy atom. The minimum absolute atomic E-state index is 0.196. The summed E-state index contributed by atoms with van der Waals surface area (Å²) in [5, 5.41) is 9.92. The minimum Gasteiger partial charge on any atom is -0.493 e. The van der Waals surface area contributed by atoms with Crippen LogP contribution in [0.1, 0.15) is 24.5 Å². The van der Waals surface area contributed by atoms with Gasteiger partial charge in [0.1, 0.15) is 5.82 Å². The van der Waals surface area contributed by atoms with E-state index < -0.39 is 0 Å². The molecule has 0 radical (unpaired) electrons. The Balaban J connectivity index is 2.52. The highest BCUT2D eigenvalue weighted by molar-refractivity contribution is 5.60. The zero-order chi connectivity index (χ0) is 14.5.